The lowest BCUT2D eigenvalue weighted by molar-refractivity contribution is 0.0511. The molecule has 0 aliphatic rings. The molecule has 0 fully saturated rings. The SMILES string of the molecule is CC/C=C\CCOC(=O)c1cccnc1. The maximum Gasteiger partial charge on any atom is 0.339 e. The Hall–Kier alpha value is -1.64. The Labute approximate surface area is 89.8 Å². The van der Waals surface area contributed by atoms with Crippen LogP contribution in [-0.4, -0.2) is 17.6 Å². The lowest BCUT2D eigenvalue weighted by atomic mass is 10.3. The molecule has 3 heteroatoms. The number of ether oxygens (including phenoxy) is 1. The molecule has 0 aliphatic heterocycles. The van der Waals surface area contributed by atoms with Crippen molar-refractivity contribution in [3.05, 3.63) is 42.2 Å². The fourth-order valence-corrected chi connectivity index (χ4v) is 1.07. The minimum Gasteiger partial charge on any atom is -0.462 e. The lowest BCUT2D eigenvalue weighted by Crippen LogP contribution is -2.05. The van der Waals surface area contributed by atoms with Crippen molar-refractivity contribution in [2.75, 3.05) is 6.61 Å². The third-order valence-corrected chi connectivity index (χ3v) is 1.82. The summed E-state index contributed by atoms with van der Waals surface area (Å²) in [7, 11) is 0. The van der Waals surface area contributed by atoms with E-state index in [1.165, 1.54) is 6.20 Å². The summed E-state index contributed by atoms with van der Waals surface area (Å²) in [4.78, 5) is 15.2. The molecule has 1 heterocycles. The van der Waals surface area contributed by atoms with Crippen molar-refractivity contribution >= 4 is 5.97 Å². The van der Waals surface area contributed by atoms with E-state index in [4.69, 9.17) is 4.74 Å². The first-order valence-electron chi connectivity index (χ1n) is 5.06. The number of rotatable bonds is 5. The highest BCUT2D eigenvalue weighted by molar-refractivity contribution is 5.88. The van der Waals surface area contributed by atoms with Gasteiger partial charge in [0.2, 0.25) is 0 Å². The highest BCUT2D eigenvalue weighted by Gasteiger charge is 2.04. The van der Waals surface area contributed by atoms with Crippen molar-refractivity contribution in [2.24, 2.45) is 0 Å². The van der Waals surface area contributed by atoms with Crippen LogP contribution in [0.2, 0.25) is 0 Å². The Balaban J connectivity index is 2.28. The van der Waals surface area contributed by atoms with Gasteiger partial charge in [0.1, 0.15) is 0 Å². The Morgan fingerprint density at radius 3 is 3.07 bits per heavy atom. The molecular formula is C12H15NO2. The van der Waals surface area contributed by atoms with E-state index in [-0.39, 0.29) is 5.97 Å². The fourth-order valence-electron chi connectivity index (χ4n) is 1.07. The normalized spacial score (nSPS) is 10.5. The van der Waals surface area contributed by atoms with E-state index in [9.17, 15) is 4.79 Å². The van der Waals surface area contributed by atoms with E-state index in [2.05, 4.69) is 18.0 Å². The molecular weight excluding hydrogens is 190 g/mol. The number of hydrogen-bond acceptors (Lipinski definition) is 3. The molecule has 0 spiro atoms. The molecule has 0 N–H and O–H groups in total. The summed E-state index contributed by atoms with van der Waals surface area (Å²) in [5.74, 6) is -0.312. The number of nitrogens with zero attached hydrogens (tertiary/aromatic N) is 1. The monoisotopic (exact) mass is 205 g/mol. The fraction of sp³-hybridized carbons (Fsp3) is 0.333. The van der Waals surface area contributed by atoms with Gasteiger partial charge in [-0.05, 0) is 25.0 Å². The van der Waals surface area contributed by atoms with Gasteiger partial charge in [0.15, 0.2) is 0 Å². The number of carbonyl (C=O) groups excluding carboxylic acids is 1. The van der Waals surface area contributed by atoms with Crippen molar-refractivity contribution < 1.29 is 9.53 Å². The van der Waals surface area contributed by atoms with E-state index < -0.39 is 0 Å². The van der Waals surface area contributed by atoms with Gasteiger partial charge in [-0.25, -0.2) is 4.79 Å². The molecule has 0 atom stereocenters. The van der Waals surface area contributed by atoms with Gasteiger partial charge in [-0.15, -0.1) is 0 Å². The number of allylic oxidation sites excluding steroid dienone is 1. The molecule has 1 aromatic heterocycles. The topological polar surface area (TPSA) is 39.2 Å². The standard InChI is InChI=1S/C12H15NO2/c1-2-3-4-5-9-15-12(14)11-7-6-8-13-10-11/h3-4,6-8,10H,2,5,9H2,1H3/b4-3-. The molecule has 0 amide bonds. The van der Waals surface area contributed by atoms with Crippen LogP contribution < -0.4 is 0 Å². The summed E-state index contributed by atoms with van der Waals surface area (Å²) >= 11 is 0. The second-order valence-electron chi connectivity index (χ2n) is 3.05. The van der Waals surface area contributed by atoms with Gasteiger partial charge in [-0.1, -0.05) is 19.1 Å². The zero-order valence-electron chi connectivity index (χ0n) is 8.85. The molecule has 0 radical (unpaired) electrons. The molecule has 0 aliphatic carbocycles. The highest BCUT2D eigenvalue weighted by atomic mass is 16.5. The first kappa shape index (κ1) is 11.4. The minimum atomic E-state index is -0.312. The van der Waals surface area contributed by atoms with E-state index in [0.717, 1.165) is 12.8 Å². The van der Waals surface area contributed by atoms with Crippen molar-refractivity contribution in [2.45, 2.75) is 19.8 Å². The maximum atomic E-state index is 11.4. The molecule has 0 aromatic carbocycles. The van der Waals surface area contributed by atoms with Gasteiger partial charge in [-0.2, -0.15) is 0 Å². The Bertz CT molecular complexity index is 320. The smallest absolute Gasteiger partial charge is 0.339 e. The number of esters is 1. The summed E-state index contributed by atoms with van der Waals surface area (Å²) in [6, 6.07) is 3.41. The summed E-state index contributed by atoms with van der Waals surface area (Å²) in [5.41, 5.74) is 0.497. The van der Waals surface area contributed by atoms with Crippen molar-refractivity contribution in [3.63, 3.8) is 0 Å². The molecule has 0 saturated heterocycles. The zero-order valence-corrected chi connectivity index (χ0v) is 8.85. The summed E-state index contributed by atoms with van der Waals surface area (Å²) in [5, 5.41) is 0. The summed E-state index contributed by atoms with van der Waals surface area (Å²) in [6.07, 6.45) is 8.97. The van der Waals surface area contributed by atoms with E-state index >= 15 is 0 Å². The minimum absolute atomic E-state index is 0.312. The first-order chi connectivity index (χ1) is 7.34. The average molecular weight is 205 g/mol. The van der Waals surface area contributed by atoms with Crippen LogP contribution >= 0.6 is 0 Å². The van der Waals surface area contributed by atoms with Gasteiger partial charge < -0.3 is 4.74 Å². The summed E-state index contributed by atoms with van der Waals surface area (Å²) < 4.78 is 5.04. The molecule has 0 saturated carbocycles. The lowest BCUT2D eigenvalue weighted by Gasteiger charge is -2.01. The van der Waals surface area contributed by atoms with Crippen molar-refractivity contribution in [1.29, 1.82) is 0 Å². The van der Waals surface area contributed by atoms with E-state index in [1.54, 1.807) is 18.3 Å². The van der Waals surface area contributed by atoms with Crippen molar-refractivity contribution in [3.8, 4) is 0 Å². The molecule has 0 unspecified atom stereocenters. The summed E-state index contributed by atoms with van der Waals surface area (Å²) in [6.45, 7) is 2.49. The quantitative estimate of drug-likeness (QED) is 0.421. The van der Waals surface area contributed by atoms with Gasteiger partial charge in [-0.3, -0.25) is 4.98 Å². The molecule has 15 heavy (non-hydrogen) atoms. The van der Waals surface area contributed by atoms with E-state index in [1.807, 2.05) is 6.08 Å². The highest BCUT2D eigenvalue weighted by Crippen LogP contribution is 1.99. The third-order valence-electron chi connectivity index (χ3n) is 1.82. The number of carbonyl (C=O) groups is 1. The molecule has 1 aromatic rings. The van der Waals surface area contributed by atoms with Crippen LogP contribution in [0.15, 0.2) is 36.7 Å². The molecule has 3 nitrogen and oxygen atoms in total. The Morgan fingerprint density at radius 2 is 2.40 bits per heavy atom. The second-order valence-corrected chi connectivity index (χ2v) is 3.05. The van der Waals surface area contributed by atoms with Gasteiger partial charge >= 0.3 is 5.97 Å². The maximum absolute atomic E-state index is 11.4. The van der Waals surface area contributed by atoms with Gasteiger partial charge in [0.05, 0.1) is 12.2 Å². The largest absolute Gasteiger partial charge is 0.462 e. The van der Waals surface area contributed by atoms with Crippen LogP contribution in [-0.2, 0) is 4.74 Å². The van der Waals surface area contributed by atoms with Crippen LogP contribution in [0.5, 0.6) is 0 Å². The first-order valence-corrected chi connectivity index (χ1v) is 5.06. The van der Waals surface area contributed by atoms with Gasteiger partial charge in [0, 0.05) is 12.4 Å². The van der Waals surface area contributed by atoms with E-state index in [0.29, 0.717) is 12.2 Å². The second kappa shape index (κ2) is 6.76. The van der Waals surface area contributed by atoms with Crippen molar-refractivity contribution in [1.82, 2.24) is 4.98 Å². The van der Waals surface area contributed by atoms with Gasteiger partial charge in [0.25, 0.3) is 0 Å². The average Bonchev–Trinajstić information content (AvgIpc) is 2.30. The predicted molar refractivity (Wildman–Crippen MR) is 58.6 cm³/mol. The number of hydrogen-bond donors (Lipinski definition) is 0. The van der Waals surface area contributed by atoms with Crippen LogP contribution in [0, 0.1) is 0 Å². The van der Waals surface area contributed by atoms with Crippen LogP contribution in [0.3, 0.4) is 0 Å². The molecule has 1 rings (SSSR count). The predicted octanol–water partition coefficient (Wildman–Crippen LogP) is 2.59. The zero-order chi connectivity index (χ0) is 10.9. The Kier molecular flexibility index (Phi) is 5.15. The van der Waals surface area contributed by atoms with Crippen LogP contribution in [0.1, 0.15) is 30.1 Å². The molecule has 0 bridgehead atoms. The number of aromatic nitrogens is 1. The Morgan fingerprint density at radius 1 is 1.53 bits per heavy atom. The number of pyridine rings is 1. The third kappa shape index (κ3) is 4.40. The molecule has 80 valence electrons. The van der Waals surface area contributed by atoms with Crippen LogP contribution in [0.25, 0.3) is 0 Å². The van der Waals surface area contributed by atoms with Crippen LogP contribution in [0.4, 0.5) is 0 Å².